The van der Waals surface area contributed by atoms with Gasteiger partial charge in [-0.2, -0.15) is 0 Å². The third kappa shape index (κ3) is 3.97. The predicted molar refractivity (Wildman–Crippen MR) is 118 cm³/mol. The molecule has 1 amide bonds. The van der Waals surface area contributed by atoms with Gasteiger partial charge in [-0.05, 0) is 63.9 Å². The Morgan fingerprint density at radius 1 is 1.17 bits per heavy atom. The van der Waals surface area contributed by atoms with Crippen LogP contribution in [0.5, 0.6) is 0 Å². The number of carbonyl (C=O) groups is 1. The number of para-hydroxylation sites is 1. The summed E-state index contributed by atoms with van der Waals surface area (Å²) in [6.45, 7) is 8.49. The minimum absolute atomic E-state index is 0.0341. The van der Waals surface area contributed by atoms with Gasteiger partial charge in [0.15, 0.2) is 0 Å². The highest BCUT2D eigenvalue weighted by atomic mass is 32.1. The number of thiophene rings is 1. The zero-order valence-electron chi connectivity index (χ0n) is 17.1. The van der Waals surface area contributed by atoms with Gasteiger partial charge in [-0.1, -0.05) is 18.2 Å². The first kappa shape index (κ1) is 19.8. The highest BCUT2D eigenvalue weighted by Gasteiger charge is 2.21. The van der Waals surface area contributed by atoms with Crippen LogP contribution in [0.1, 0.15) is 34.7 Å². The molecule has 0 aliphatic carbocycles. The van der Waals surface area contributed by atoms with Crippen LogP contribution < -0.4 is 10.9 Å². The van der Waals surface area contributed by atoms with Gasteiger partial charge >= 0.3 is 0 Å². The summed E-state index contributed by atoms with van der Waals surface area (Å²) in [4.78, 5) is 35.1. The molecule has 6 nitrogen and oxygen atoms in total. The van der Waals surface area contributed by atoms with Gasteiger partial charge in [0.2, 0.25) is 5.91 Å². The fourth-order valence-corrected chi connectivity index (χ4v) is 4.88. The molecule has 4 rings (SSSR count). The Morgan fingerprint density at radius 2 is 1.90 bits per heavy atom. The Balaban J connectivity index is 1.71. The van der Waals surface area contributed by atoms with E-state index in [1.54, 1.807) is 15.9 Å². The molecule has 0 unspecified atom stereocenters. The largest absolute Gasteiger partial charge is 0.324 e. The normalized spacial score (nSPS) is 14.6. The molecule has 0 bridgehead atoms. The maximum absolute atomic E-state index is 13.3. The summed E-state index contributed by atoms with van der Waals surface area (Å²) < 4.78 is 1.56. The van der Waals surface area contributed by atoms with Gasteiger partial charge < -0.3 is 5.32 Å². The molecule has 2 aromatic heterocycles. The van der Waals surface area contributed by atoms with Crippen molar-refractivity contribution in [3.05, 3.63) is 56.4 Å². The van der Waals surface area contributed by atoms with E-state index in [1.165, 1.54) is 0 Å². The lowest BCUT2D eigenvalue weighted by Gasteiger charge is -2.18. The zero-order chi connectivity index (χ0) is 20.5. The molecule has 3 aromatic rings. The van der Waals surface area contributed by atoms with Crippen LogP contribution in [-0.2, 0) is 17.9 Å². The number of nitrogens with zero attached hydrogens (tertiary/aromatic N) is 3. The van der Waals surface area contributed by atoms with E-state index >= 15 is 0 Å². The van der Waals surface area contributed by atoms with E-state index in [4.69, 9.17) is 4.98 Å². The molecule has 0 saturated carbocycles. The molecule has 0 spiro atoms. The standard InChI is InChI=1S/C22H26N4O2S/c1-14-8-4-5-9-17(14)23-19(27)13-26-18(12-25-10-6-7-11-25)24-21-20(22(26)28)15(2)16(3)29-21/h4-5,8-9H,6-7,10-13H2,1-3H3,(H,23,27). The van der Waals surface area contributed by atoms with Crippen molar-refractivity contribution >= 4 is 33.1 Å². The molecule has 1 aromatic carbocycles. The first-order valence-corrected chi connectivity index (χ1v) is 10.8. The Hall–Kier alpha value is -2.51. The van der Waals surface area contributed by atoms with Gasteiger partial charge in [0.1, 0.15) is 17.2 Å². The summed E-state index contributed by atoms with van der Waals surface area (Å²) in [7, 11) is 0. The second-order valence-electron chi connectivity index (χ2n) is 7.73. The van der Waals surface area contributed by atoms with Crippen LogP contribution >= 0.6 is 11.3 Å². The molecule has 0 atom stereocenters. The smallest absolute Gasteiger partial charge is 0.263 e. The molecule has 29 heavy (non-hydrogen) atoms. The van der Waals surface area contributed by atoms with Crippen molar-refractivity contribution in [2.24, 2.45) is 0 Å². The molecule has 1 aliphatic rings. The average Bonchev–Trinajstić information content (AvgIpc) is 3.29. The molecular formula is C22H26N4O2S. The van der Waals surface area contributed by atoms with Crippen molar-refractivity contribution in [1.29, 1.82) is 0 Å². The van der Waals surface area contributed by atoms with E-state index in [2.05, 4.69) is 10.2 Å². The van der Waals surface area contributed by atoms with Crippen LogP contribution in [0.2, 0.25) is 0 Å². The molecule has 7 heteroatoms. The number of amides is 1. The lowest BCUT2D eigenvalue weighted by molar-refractivity contribution is -0.116. The van der Waals surface area contributed by atoms with Gasteiger partial charge in [0.05, 0.1) is 11.9 Å². The number of likely N-dealkylation sites (tertiary alicyclic amines) is 1. The number of hydrogen-bond acceptors (Lipinski definition) is 5. The van der Waals surface area contributed by atoms with Crippen LogP contribution in [0.4, 0.5) is 5.69 Å². The lowest BCUT2D eigenvalue weighted by Crippen LogP contribution is -2.33. The highest BCUT2D eigenvalue weighted by Crippen LogP contribution is 2.27. The van der Waals surface area contributed by atoms with Gasteiger partial charge in [0.25, 0.3) is 5.56 Å². The summed E-state index contributed by atoms with van der Waals surface area (Å²) in [5.41, 5.74) is 2.60. The second kappa shape index (κ2) is 8.08. The highest BCUT2D eigenvalue weighted by molar-refractivity contribution is 7.18. The summed E-state index contributed by atoms with van der Waals surface area (Å²) in [5.74, 6) is 0.459. The van der Waals surface area contributed by atoms with E-state index in [-0.39, 0.29) is 18.0 Å². The molecule has 0 radical (unpaired) electrons. The third-order valence-electron chi connectivity index (χ3n) is 5.65. The molecule has 1 fully saturated rings. The van der Waals surface area contributed by atoms with Crippen molar-refractivity contribution in [2.45, 2.75) is 46.7 Å². The Labute approximate surface area is 174 Å². The van der Waals surface area contributed by atoms with Gasteiger partial charge in [-0.3, -0.25) is 19.1 Å². The van der Waals surface area contributed by atoms with E-state index in [1.807, 2.05) is 45.0 Å². The maximum Gasteiger partial charge on any atom is 0.263 e. The number of anilines is 1. The second-order valence-corrected chi connectivity index (χ2v) is 8.93. The van der Waals surface area contributed by atoms with Gasteiger partial charge in [-0.25, -0.2) is 4.98 Å². The van der Waals surface area contributed by atoms with E-state index in [9.17, 15) is 9.59 Å². The van der Waals surface area contributed by atoms with E-state index < -0.39 is 0 Å². The van der Waals surface area contributed by atoms with Crippen molar-refractivity contribution in [2.75, 3.05) is 18.4 Å². The summed E-state index contributed by atoms with van der Waals surface area (Å²) >= 11 is 1.55. The van der Waals surface area contributed by atoms with Crippen molar-refractivity contribution < 1.29 is 4.79 Å². The fraction of sp³-hybridized carbons (Fsp3) is 0.409. The van der Waals surface area contributed by atoms with Gasteiger partial charge in [0, 0.05) is 10.6 Å². The number of carbonyl (C=O) groups excluding carboxylic acids is 1. The first-order valence-electron chi connectivity index (χ1n) is 10.0. The number of aryl methyl sites for hydroxylation is 3. The summed E-state index contributed by atoms with van der Waals surface area (Å²) in [6.07, 6.45) is 2.33. The molecule has 152 valence electrons. The Bertz CT molecular complexity index is 1130. The SMILES string of the molecule is Cc1ccccc1NC(=O)Cn1c(CN2CCCC2)nc2sc(C)c(C)c2c1=O. The zero-order valence-corrected chi connectivity index (χ0v) is 17.9. The maximum atomic E-state index is 13.3. The monoisotopic (exact) mass is 410 g/mol. The minimum Gasteiger partial charge on any atom is -0.324 e. The average molecular weight is 411 g/mol. The molecule has 1 aliphatic heterocycles. The molecule has 1 N–H and O–H groups in total. The van der Waals surface area contributed by atoms with Crippen molar-refractivity contribution in [1.82, 2.24) is 14.5 Å². The first-order chi connectivity index (χ1) is 13.9. The van der Waals surface area contributed by atoms with Crippen LogP contribution in [-0.4, -0.2) is 33.4 Å². The number of hydrogen-bond donors (Lipinski definition) is 1. The van der Waals surface area contributed by atoms with Crippen molar-refractivity contribution in [3.8, 4) is 0 Å². The van der Waals surface area contributed by atoms with Crippen LogP contribution in [0.3, 0.4) is 0 Å². The number of benzene rings is 1. The molecular weight excluding hydrogens is 384 g/mol. The lowest BCUT2D eigenvalue weighted by atomic mass is 10.2. The quantitative estimate of drug-likeness (QED) is 0.698. The molecule has 1 saturated heterocycles. The Kier molecular flexibility index (Phi) is 5.52. The predicted octanol–water partition coefficient (Wildman–Crippen LogP) is 3.62. The number of nitrogens with one attached hydrogen (secondary N) is 1. The van der Waals surface area contributed by atoms with Crippen LogP contribution in [0.25, 0.3) is 10.2 Å². The summed E-state index contributed by atoms with van der Waals surface area (Å²) in [6, 6.07) is 7.64. The fourth-order valence-electron chi connectivity index (χ4n) is 3.84. The number of rotatable bonds is 5. The van der Waals surface area contributed by atoms with Crippen LogP contribution in [0.15, 0.2) is 29.1 Å². The van der Waals surface area contributed by atoms with E-state index in [0.29, 0.717) is 17.8 Å². The third-order valence-corrected chi connectivity index (χ3v) is 6.75. The van der Waals surface area contributed by atoms with Crippen molar-refractivity contribution in [3.63, 3.8) is 0 Å². The minimum atomic E-state index is -0.213. The summed E-state index contributed by atoms with van der Waals surface area (Å²) in [5, 5.41) is 3.58. The Morgan fingerprint density at radius 3 is 2.62 bits per heavy atom. The van der Waals surface area contributed by atoms with Crippen LogP contribution in [0, 0.1) is 20.8 Å². The molecule has 3 heterocycles. The topological polar surface area (TPSA) is 67.2 Å². The van der Waals surface area contributed by atoms with Gasteiger partial charge in [-0.15, -0.1) is 11.3 Å². The number of fused-ring (bicyclic) bond motifs is 1. The number of aromatic nitrogens is 2. The van der Waals surface area contributed by atoms with E-state index in [0.717, 1.165) is 52.5 Å².